The molecule has 0 aliphatic rings. The van der Waals surface area contributed by atoms with Crippen LogP contribution in [0.5, 0.6) is 11.5 Å². The predicted octanol–water partition coefficient (Wildman–Crippen LogP) is 4.42. The van der Waals surface area contributed by atoms with E-state index in [1.165, 1.54) is 16.9 Å². The number of halogens is 1. The number of ketones is 1. The predicted molar refractivity (Wildman–Crippen MR) is 97.7 cm³/mol. The molecule has 0 bridgehead atoms. The van der Waals surface area contributed by atoms with E-state index in [9.17, 15) is 14.0 Å². The fourth-order valence-electron chi connectivity index (χ4n) is 2.02. The maximum atomic E-state index is 13.6. The molecule has 8 heteroatoms. The highest BCUT2D eigenvalue weighted by Gasteiger charge is 2.21. The minimum Gasteiger partial charge on any atom is -0.497 e. The first-order valence-corrected chi connectivity index (χ1v) is 9.45. The molecule has 0 aliphatic carbocycles. The molecule has 0 aromatic heterocycles. The van der Waals surface area contributed by atoms with E-state index >= 15 is 0 Å². The first-order valence-electron chi connectivity index (χ1n) is 7.08. The van der Waals surface area contributed by atoms with E-state index in [2.05, 4.69) is 0 Å². The van der Waals surface area contributed by atoms with Crippen molar-refractivity contribution in [2.24, 2.45) is 0 Å². The number of hydrogen-bond acceptors (Lipinski definition) is 6. The summed E-state index contributed by atoms with van der Waals surface area (Å²) in [5, 5.41) is 0. The van der Waals surface area contributed by atoms with Crippen LogP contribution in [-0.2, 0) is 0 Å². The van der Waals surface area contributed by atoms with Crippen molar-refractivity contribution in [1.82, 2.24) is 3.71 Å². The smallest absolute Gasteiger partial charge is 0.435 e. The molecule has 0 heterocycles. The van der Waals surface area contributed by atoms with E-state index < -0.39 is 17.7 Å². The maximum Gasteiger partial charge on any atom is 0.435 e. The van der Waals surface area contributed by atoms with Crippen molar-refractivity contribution < 1.29 is 23.5 Å². The van der Waals surface area contributed by atoms with Crippen LogP contribution in [0.3, 0.4) is 0 Å². The van der Waals surface area contributed by atoms with Crippen LogP contribution in [0.1, 0.15) is 15.9 Å². The second-order valence-electron chi connectivity index (χ2n) is 4.69. The number of nitrogens with zero attached hydrogens (tertiary/aromatic N) is 1. The molecule has 2 rings (SSSR count). The van der Waals surface area contributed by atoms with Gasteiger partial charge < -0.3 is 9.47 Å². The molecule has 0 saturated carbocycles. The van der Waals surface area contributed by atoms with Gasteiger partial charge in [-0.15, -0.1) is 0 Å². The molecule has 2 aromatic carbocycles. The number of carbonyl (C=O) groups is 2. The number of hydrogen-bond donors (Lipinski definition) is 0. The van der Waals surface area contributed by atoms with Crippen molar-refractivity contribution in [3.8, 4) is 11.5 Å². The molecule has 132 valence electrons. The van der Waals surface area contributed by atoms with Crippen LogP contribution < -0.4 is 9.47 Å². The summed E-state index contributed by atoms with van der Waals surface area (Å²) in [5.74, 6) is -0.452. The van der Waals surface area contributed by atoms with Gasteiger partial charge in [0.1, 0.15) is 17.3 Å². The molecule has 0 fully saturated rings. The molecule has 25 heavy (non-hydrogen) atoms. The van der Waals surface area contributed by atoms with Gasteiger partial charge in [-0.25, -0.2) is 9.18 Å². The Morgan fingerprint density at radius 2 is 1.68 bits per heavy atom. The molecular formula is C17H16FNO4S2. The molecule has 5 nitrogen and oxygen atoms in total. The largest absolute Gasteiger partial charge is 0.497 e. The van der Waals surface area contributed by atoms with Gasteiger partial charge in [-0.3, -0.25) is 4.79 Å². The van der Waals surface area contributed by atoms with Gasteiger partial charge in [-0.1, -0.05) is 0 Å². The van der Waals surface area contributed by atoms with Crippen molar-refractivity contribution in [2.75, 3.05) is 19.6 Å². The SMILES string of the molecule is COc1ccc(C(=O)c2cc(F)ccc2OC(=O)N(SC)SC)cc1. The number of rotatable bonds is 6. The second kappa shape index (κ2) is 8.77. The highest BCUT2D eigenvalue weighted by molar-refractivity contribution is 8.12. The minimum atomic E-state index is -0.657. The van der Waals surface area contributed by atoms with Gasteiger partial charge in [0.2, 0.25) is 0 Å². The van der Waals surface area contributed by atoms with Crippen molar-refractivity contribution >= 4 is 35.8 Å². The second-order valence-corrected chi connectivity index (χ2v) is 6.38. The van der Waals surface area contributed by atoms with Crippen LogP contribution in [0.25, 0.3) is 0 Å². The van der Waals surface area contributed by atoms with Crippen LogP contribution in [0.2, 0.25) is 0 Å². The molecule has 0 spiro atoms. The molecule has 0 N–H and O–H groups in total. The molecule has 0 atom stereocenters. The summed E-state index contributed by atoms with van der Waals surface area (Å²) < 4.78 is 25.3. The van der Waals surface area contributed by atoms with Crippen molar-refractivity contribution in [2.45, 2.75) is 0 Å². The fraction of sp³-hybridized carbons (Fsp3) is 0.176. The van der Waals surface area contributed by atoms with Gasteiger partial charge in [0.25, 0.3) is 0 Å². The molecule has 0 aliphatic heterocycles. The summed E-state index contributed by atoms with van der Waals surface area (Å²) in [6.45, 7) is 0. The quantitative estimate of drug-likeness (QED) is 0.545. The lowest BCUT2D eigenvalue weighted by Crippen LogP contribution is -2.22. The number of ether oxygens (including phenoxy) is 2. The van der Waals surface area contributed by atoms with Gasteiger partial charge in [-0.2, -0.15) is 3.71 Å². The van der Waals surface area contributed by atoms with E-state index in [4.69, 9.17) is 9.47 Å². The molecule has 0 saturated heterocycles. The zero-order valence-electron chi connectivity index (χ0n) is 13.8. The Labute approximate surface area is 153 Å². The van der Waals surface area contributed by atoms with Crippen molar-refractivity contribution in [3.63, 3.8) is 0 Å². The molecular weight excluding hydrogens is 365 g/mol. The summed E-state index contributed by atoms with van der Waals surface area (Å²) in [6.07, 6.45) is 2.77. The van der Waals surface area contributed by atoms with Gasteiger partial charge in [0.15, 0.2) is 5.78 Å². The van der Waals surface area contributed by atoms with Crippen LogP contribution in [0, 0.1) is 5.82 Å². The standard InChI is InChI=1S/C17H16FNO4S2/c1-22-13-7-4-11(5-8-13)16(20)14-10-12(18)6-9-15(14)23-17(21)19(24-2)25-3/h4-10H,1-3H3. The molecule has 2 aromatic rings. The summed E-state index contributed by atoms with van der Waals surface area (Å²) >= 11 is 2.33. The lowest BCUT2D eigenvalue weighted by molar-refractivity contribution is 0.103. The van der Waals surface area contributed by atoms with Gasteiger partial charge in [0, 0.05) is 18.1 Å². The lowest BCUT2D eigenvalue weighted by atomic mass is 10.0. The molecule has 1 amide bonds. The van der Waals surface area contributed by atoms with E-state index in [0.717, 1.165) is 36.0 Å². The number of methoxy groups -OCH3 is 1. The number of benzene rings is 2. The fourth-order valence-corrected chi connectivity index (χ4v) is 2.99. The topological polar surface area (TPSA) is 55.8 Å². The highest BCUT2D eigenvalue weighted by atomic mass is 32.2. The van der Waals surface area contributed by atoms with Crippen molar-refractivity contribution in [1.29, 1.82) is 0 Å². The van der Waals surface area contributed by atoms with Crippen LogP contribution in [-0.4, -0.2) is 35.2 Å². The lowest BCUT2D eigenvalue weighted by Gasteiger charge is -2.16. The summed E-state index contributed by atoms with van der Waals surface area (Å²) in [5.41, 5.74) is 0.302. The van der Waals surface area contributed by atoms with Crippen LogP contribution in [0.4, 0.5) is 9.18 Å². The van der Waals surface area contributed by atoms with E-state index in [0.29, 0.717) is 11.3 Å². The zero-order valence-corrected chi connectivity index (χ0v) is 15.4. The van der Waals surface area contributed by atoms with Gasteiger partial charge in [-0.05, 0) is 66.4 Å². The molecule has 0 radical (unpaired) electrons. The summed E-state index contributed by atoms with van der Waals surface area (Å²) in [4.78, 5) is 24.8. The monoisotopic (exact) mass is 381 g/mol. The van der Waals surface area contributed by atoms with E-state index in [-0.39, 0.29) is 11.3 Å². The Morgan fingerprint density at radius 3 is 2.24 bits per heavy atom. The van der Waals surface area contributed by atoms with E-state index in [1.54, 1.807) is 36.8 Å². The Bertz CT molecular complexity index is 764. The first-order chi connectivity index (χ1) is 12.0. The average molecular weight is 381 g/mol. The highest BCUT2D eigenvalue weighted by Crippen LogP contribution is 2.26. The van der Waals surface area contributed by atoms with Crippen molar-refractivity contribution in [3.05, 3.63) is 59.4 Å². The Balaban J connectivity index is 2.34. The first kappa shape index (κ1) is 19.1. The normalized spacial score (nSPS) is 10.2. The minimum absolute atomic E-state index is 0.000294. The van der Waals surface area contributed by atoms with Gasteiger partial charge in [0.05, 0.1) is 12.7 Å². The average Bonchev–Trinajstić information content (AvgIpc) is 2.63. The maximum absolute atomic E-state index is 13.6. The number of carbonyl (C=O) groups excluding carboxylic acids is 2. The summed E-state index contributed by atoms with van der Waals surface area (Å²) in [6, 6.07) is 9.83. The third-order valence-corrected chi connectivity index (χ3v) is 5.07. The molecule has 0 unspecified atom stereocenters. The third-order valence-electron chi connectivity index (χ3n) is 3.22. The summed E-state index contributed by atoms with van der Waals surface area (Å²) in [7, 11) is 1.52. The Hall–Kier alpha value is -2.19. The Kier molecular flexibility index (Phi) is 6.72. The Morgan fingerprint density at radius 1 is 1.04 bits per heavy atom. The number of amides is 1. The van der Waals surface area contributed by atoms with Crippen LogP contribution in [0.15, 0.2) is 42.5 Å². The zero-order chi connectivity index (χ0) is 18.4. The van der Waals surface area contributed by atoms with Gasteiger partial charge >= 0.3 is 6.09 Å². The third kappa shape index (κ3) is 4.67. The van der Waals surface area contributed by atoms with Crippen LogP contribution >= 0.6 is 23.9 Å². The van der Waals surface area contributed by atoms with E-state index in [1.807, 2.05) is 0 Å².